The number of benzene rings is 1. The van der Waals surface area contributed by atoms with Crippen LogP contribution in [0.25, 0.3) is 11.5 Å². The number of nitrogens with zero attached hydrogens (tertiary/aromatic N) is 2. The highest BCUT2D eigenvalue weighted by Gasteiger charge is 2.31. The number of alkyl halides is 3. The Labute approximate surface area is 105 Å². The van der Waals surface area contributed by atoms with Crippen molar-refractivity contribution in [3.8, 4) is 23.3 Å². The van der Waals surface area contributed by atoms with E-state index in [1.54, 1.807) is 6.07 Å². The molecule has 0 aliphatic heterocycles. The van der Waals surface area contributed by atoms with E-state index in [0.29, 0.717) is 5.56 Å². The summed E-state index contributed by atoms with van der Waals surface area (Å²) in [5.74, 6) is -0.461. The van der Waals surface area contributed by atoms with Gasteiger partial charge in [-0.15, -0.1) is 13.2 Å². The molecule has 2 rings (SSSR count). The van der Waals surface area contributed by atoms with Crippen LogP contribution in [-0.4, -0.2) is 11.3 Å². The van der Waals surface area contributed by atoms with E-state index in [4.69, 9.17) is 15.4 Å². The van der Waals surface area contributed by atoms with E-state index in [1.165, 1.54) is 12.1 Å². The van der Waals surface area contributed by atoms with Gasteiger partial charge in [-0.3, -0.25) is 0 Å². The first-order chi connectivity index (χ1) is 8.89. The van der Waals surface area contributed by atoms with Crippen molar-refractivity contribution in [3.63, 3.8) is 0 Å². The van der Waals surface area contributed by atoms with Crippen molar-refractivity contribution < 1.29 is 22.3 Å². The Morgan fingerprint density at radius 1 is 1.26 bits per heavy atom. The lowest BCUT2D eigenvalue weighted by molar-refractivity contribution is -0.274. The summed E-state index contributed by atoms with van der Waals surface area (Å²) in [7, 11) is 0. The minimum atomic E-state index is -4.75. The number of oxazole rings is 1. The van der Waals surface area contributed by atoms with Gasteiger partial charge in [0.05, 0.1) is 0 Å². The van der Waals surface area contributed by atoms with E-state index in [-0.39, 0.29) is 23.2 Å². The molecule has 1 heterocycles. The number of nitrogens with two attached hydrogens (primary N) is 1. The minimum Gasteiger partial charge on any atom is -0.419 e. The molecule has 8 heteroatoms. The molecule has 0 radical (unpaired) electrons. The van der Waals surface area contributed by atoms with Crippen LogP contribution in [0.4, 0.5) is 19.1 Å². The Hall–Kier alpha value is -2.69. The Morgan fingerprint density at radius 3 is 2.37 bits per heavy atom. The van der Waals surface area contributed by atoms with Crippen LogP contribution in [0.15, 0.2) is 28.7 Å². The third kappa shape index (κ3) is 2.95. The Kier molecular flexibility index (Phi) is 3.04. The first-order valence-corrected chi connectivity index (χ1v) is 4.91. The molecule has 0 unspecified atom stereocenters. The highest BCUT2D eigenvalue weighted by molar-refractivity contribution is 5.58. The average Bonchev–Trinajstić information content (AvgIpc) is 2.69. The third-order valence-electron chi connectivity index (χ3n) is 2.09. The Morgan fingerprint density at radius 2 is 1.89 bits per heavy atom. The van der Waals surface area contributed by atoms with Crippen molar-refractivity contribution in [2.75, 3.05) is 5.73 Å². The maximum absolute atomic E-state index is 12.0. The lowest BCUT2D eigenvalue weighted by Crippen LogP contribution is -2.16. The van der Waals surface area contributed by atoms with Gasteiger partial charge in [-0.25, -0.2) is 0 Å². The van der Waals surface area contributed by atoms with Crippen LogP contribution < -0.4 is 10.5 Å². The fraction of sp³-hybridized carbons (Fsp3) is 0.0909. The van der Waals surface area contributed by atoms with E-state index in [0.717, 1.165) is 12.1 Å². The number of hydrogen-bond donors (Lipinski definition) is 1. The second-order valence-electron chi connectivity index (χ2n) is 3.42. The van der Waals surface area contributed by atoms with Gasteiger partial charge >= 0.3 is 6.36 Å². The molecule has 2 N–H and O–H groups in total. The molecule has 0 aliphatic carbocycles. The molecule has 0 atom stereocenters. The molecule has 2 aromatic rings. The van der Waals surface area contributed by atoms with Gasteiger partial charge < -0.3 is 14.9 Å². The highest BCUT2D eigenvalue weighted by Crippen LogP contribution is 2.27. The fourth-order valence-corrected chi connectivity index (χ4v) is 1.33. The summed E-state index contributed by atoms with van der Waals surface area (Å²) in [4.78, 5) is 3.79. The molecule has 0 bridgehead atoms. The molecule has 19 heavy (non-hydrogen) atoms. The summed E-state index contributed by atoms with van der Waals surface area (Å²) in [6, 6.07) is 6.56. The van der Waals surface area contributed by atoms with Crippen LogP contribution in [0, 0.1) is 11.3 Å². The number of rotatable bonds is 2. The molecule has 98 valence electrons. The molecule has 0 saturated heterocycles. The van der Waals surface area contributed by atoms with Crippen molar-refractivity contribution in [3.05, 3.63) is 30.0 Å². The van der Waals surface area contributed by atoms with Crippen LogP contribution in [0.2, 0.25) is 0 Å². The van der Waals surface area contributed by atoms with Crippen molar-refractivity contribution in [2.24, 2.45) is 0 Å². The second kappa shape index (κ2) is 4.53. The number of halogens is 3. The van der Waals surface area contributed by atoms with Crippen LogP contribution >= 0.6 is 0 Å². The van der Waals surface area contributed by atoms with E-state index in [1.807, 2.05) is 0 Å². The molecule has 1 aromatic heterocycles. The molecule has 0 saturated carbocycles. The van der Waals surface area contributed by atoms with Gasteiger partial charge in [0.25, 0.3) is 0 Å². The summed E-state index contributed by atoms with van der Waals surface area (Å²) in [6.45, 7) is 0. The molecule has 0 aliphatic rings. The van der Waals surface area contributed by atoms with Gasteiger partial charge in [-0.1, -0.05) is 0 Å². The van der Waals surface area contributed by atoms with Gasteiger partial charge in [-0.05, 0) is 24.3 Å². The number of anilines is 1. The minimum absolute atomic E-state index is 0.0487. The van der Waals surface area contributed by atoms with Gasteiger partial charge in [0.2, 0.25) is 17.5 Å². The topological polar surface area (TPSA) is 85.1 Å². The number of aromatic nitrogens is 1. The van der Waals surface area contributed by atoms with Gasteiger partial charge in [0, 0.05) is 5.56 Å². The summed E-state index contributed by atoms with van der Waals surface area (Å²) < 4.78 is 44.6. The van der Waals surface area contributed by atoms with Crippen LogP contribution in [0.5, 0.6) is 5.75 Å². The van der Waals surface area contributed by atoms with Crippen LogP contribution in [0.1, 0.15) is 5.69 Å². The molecule has 0 amide bonds. The SMILES string of the molecule is N#Cc1nc(-c2ccc(OC(F)(F)F)cc2)oc1N. The predicted molar refractivity (Wildman–Crippen MR) is 57.7 cm³/mol. The van der Waals surface area contributed by atoms with Gasteiger partial charge in [0.15, 0.2) is 0 Å². The average molecular weight is 269 g/mol. The summed E-state index contributed by atoms with van der Waals surface area (Å²) in [5.41, 5.74) is 5.68. The Bertz CT molecular complexity index is 626. The maximum atomic E-state index is 12.0. The first kappa shape index (κ1) is 12.8. The van der Waals surface area contributed by atoms with Gasteiger partial charge in [0.1, 0.15) is 11.8 Å². The lowest BCUT2D eigenvalue weighted by atomic mass is 10.2. The summed E-state index contributed by atoms with van der Waals surface area (Å²) >= 11 is 0. The van der Waals surface area contributed by atoms with Crippen molar-refractivity contribution in [1.82, 2.24) is 4.98 Å². The monoisotopic (exact) mass is 269 g/mol. The molecule has 5 nitrogen and oxygen atoms in total. The second-order valence-corrected chi connectivity index (χ2v) is 3.42. The molecule has 0 spiro atoms. The van der Waals surface area contributed by atoms with Crippen molar-refractivity contribution in [1.29, 1.82) is 5.26 Å². The molecular weight excluding hydrogens is 263 g/mol. The maximum Gasteiger partial charge on any atom is 0.573 e. The number of nitrogen functional groups attached to an aromatic ring is 1. The van der Waals surface area contributed by atoms with Gasteiger partial charge in [-0.2, -0.15) is 10.2 Å². The zero-order valence-electron chi connectivity index (χ0n) is 9.23. The number of nitriles is 1. The predicted octanol–water partition coefficient (Wildman–Crippen LogP) is 2.69. The van der Waals surface area contributed by atoms with Crippen molar-refractivity contribution in [2.45, 2.75) is 6.36 Å². The quantitative estimate of drug-likeness (QED) is 0.905. The number of ether oxygens (including phenoxy) is 1. The van der Waals surface area contributed by atoms with Crippen molar-refractivity contribution >= 4 is 5.88 Å². The zero-order chi connectivity index (χ0) is 14.0. The molecule has 1 aromatic carbocycles. The molecule has 0 fully saturated rings. The van der Waals surface area contributed by atoms with E-state index in [9.17, 15) is 13.2 Å². The largest absolute Gasteiger partial charge is 0.573 e. The smallest absolute Gasteiger partial charge is 0.419 e. The summed E-state index contributed by atoms with van der Waals surface area (Å²) in [5, 5.41) is 8.65. The van der Waals surface area contributed by atoms with E-state index >= 15 is 0 Å². The van der Waals surface area contributed by atoms with E-state index in [2.05, 4.69) is 9.72 Å². The normalized spacial score (nSPS) is 11.1. The standard InChI is InChI=1S/C11H6F3N3O2/c12-11(13,14)19-7-3-1-6(2-4-7)10-17-8(5-15)9(16)18-10/h1-4H,16H2. The molecular formula is C11H6F3N3O2. The fourth-order valence-electron chi connectivity index (χ4n) is 1.33. The lowest BCUT2D eigenvalue weighted by Gasteiger charge is -2.08. The first-order valence-electron chi connectivity index (χ1n) is 4.91. The van der Waals surface area contributed by atoms with Crippen LogP contribution in [-0.2, 0) is 0 Å². The van der Waals surface area contributed by atoms with E-state index < -0.39 is 6.36 Å². The number of hydrogen-bond acceptors (Lipinski definition) is 5. The Balaban J connectivity index is 2.25. The highest BCUT2D eigenvalue weighted by atomic mass is 19.4. The summed E-state index contributed by atoms with van der Waals surface area (Å²) in [6.07, 6.45) is -4.75. The zero-order valence-corrected chi connectivity index (χ0v) is 9.23. The third-order valence-corrected chi connectivity index (χ3v) is 2.09. The van der Waals surface area contributed by atoms with Crippen LogP contribution in [0.3, 0.4) is 0 Å².